The fourth-order valence-corrected chi connectivity index (χ4v) is 4.86. The number of methoxy groups -OCH3 is 1. The number of amides is 1. The zero-order chi connectivity index (χ0) is 24.5. The molecule has 0 unspecified atom stereocenters. The Morgan fingerprint density at radius 3 is 2.34 bits per heavy atom. The van der Waals surface area contributed by atoms with Crippen LogP contribution >= 0.6 is 11.8 Å². The van der Waals surface area contributed by atoms with Gasteiger partial charge in [-0.2, -0.15) is 0 Å². The Morgan fingerprint density at radius 2 is 1.66 bits per heavy atom. The number of benzene rings is 2. The van der Waals surface area contributed by atoms with Crippen LogP contribution in [0.3, 0.4) is 0 Å². The average molecular weight is 492 g/mol. The van der Waals surface area contributed by atoms with Crippen LogP contribution in [-0.2, 0) is 11.2 Å². The lowest BCUT2D eigenvalue weighted by Crippen LogP contribution is -2.47. The molecule has 1 aliphatic rings. The Hall–Kier alpha value is -3.26. The lowest BCUT2D eigenvalue weighted by atomic mass is 10.1. The monoisotopic (exact) mass is 491 g/mol. The van der Waals surface area contributed by atoms with Crippen molar-refractivity contribution in [2.75, 3.05) is 54.2 Å². The molecular formula is C27H33N5O2S. The van der Waals surface area contributed by atoms with Crippen molar-refractivity contribution in [3.8, 4) is 5.75 Å². The number of hydrogen-bond donors (Lipinski definition) is 1. The van der Waals surface area contributed by atoms with E-state index >= 15 is 0 Å². The number of aryl methyl sites for hydroxylation is 1. The van der Waals surface area contributed by atoms with E-state index in [9.17, 15) is 4.79 Å². The van der Waals surface area contributed by atoms with Crippen molar-refractivity contribution >= 4 is 34.9 Å². The van der Waals surface area contributed by atoms with Crippen molar-refractivity contribution < 1.29 is 9.53 Å². The van der Waals surface area contributed by atoms with E-state index in [-0.39, 0.29) is 11.7 Å². The molecule has 0 bridgehead atoms. The lowest BCUT2D eigenvalue weighted by molar-refractivity contribution is -0.113. The number of rotatable bonds is 10. The van der Waals surface area contributed by atoms with Gasteiger partial charge in [0, 0.05) is 49.9 Å². The third-order valence-corrected chi connectivity index (χ3v) is 7.03. The molecule has 35 heavy (non-hydrogen) atoms. The summed E-state index contributed by atoms with van der Waals surface area (Å²) in [6, 6.07) is 16.3. The fourth-order valence-electron chi connectivity index (χ4n) is 4.07. The normalized spacial score (nSPS) is 13.5. The van der Waals surface area contributed by atoms with Gasteiger partial charge in [0.25, 0.3) is 0 Å². The number of nitrogens with zero attached hydrogens (tertiary/aromatic N) is 4. The van der Waals surface area contributed by atoms with Gasteiger partial charge in [-0.25, -0.2) is 9.97 Å². The largest absolute Gasteiger partial charge is 0.497 e. The maximum absolute atomic E-state index is 12.6. The van der Waals surface area contributed by atoms with Gasteiger partial charge in [-0.1, -0.05) is 37.2 Å². The van der Waals surface area contributed by atoms with Crippen LogP contribution in [0.2, 0.25) is 0 Å². The zero-order valence-electron chi connectivity index (χ0n) is 20.4. The maximum atomic E-state index is 12.6. The van der Waals surface area contributed by atoms with E-state index in [2.05, 4.69) is 56.3 Å². The first kappa shape index (κ1) is 24.9. The van der Waals surface area contributed by atoms with Crippen LogP contribution in [0.5, 0.6) is 5.75 Å². The van der Waals surface area contributed by atoms with Crippen LogP contribution in [0.1, 0.15) is 25.3 Å². The average Bonchev–Trinajstić information content (AvgIpc) is 2.92. The van der Waals surface area contributed by atoms with Crippen molar-refractivity contribution in [3.05, 3.63) is 66.5 Å². The molecule has 3 aromatic rings. The Kier molecular flexibility index (Phi) is 8.84. The summed E-state index contributed by atoms with van der Waals surface area (Å²) < 4.78 is 5.26. The Labute approximate surface area is 211 Å². The first-order chi connectivity index (χ1) is 17.2. The first-order valence-corrected chi connectivity index (χ1v) is 13.1. The minimum atomic E-state index is -0.0442. The molecule has 0 radical (unpaired) electrons. The highest BCUT2D eigenvalue weighted by Crippen LogP contribution is 2.28. The number of thioether (sulfide) groups is 1. The molecule has 0 saturated carbocycles. The molecule has 1 aromatic heterocycles. The number of aromatic nitrogens is 2. The number of unbranched alkanes of at least 4 members (excludes halogenated alkanes) is 1. The van der Waals surface area contributed by atoms with Crippen LogP contribution in [0, 0.1) is 0 Å². The number of carbonyl (C=O) groups excluding carboxylic acids is 1. The summed E-state index contributed by atoms with van der Waals surface area (Å²) in [4.78, 5) is 26.3. The highest BCUT2D eigenvalue weighted by Gasteiger charge is 2.21. The van der Waals surface area contributed by atoms with Gasteiger partial charge in [-0.3, -0.25) is 4.79 Å². The molecular weight excluding hydrogens is 458 g/mol. The molecule has 1 saturated heterocycles. The molecule has 8 heteroatoms. The van der Waals surface area contributed by atoms with Gasteiger partial charge in [0.05, 0.1) is 12.9 Å². The SMILES string of the molecule is CCCCc1ccc(NC(=O)CSc2nccnc2N2CCN(c3ccc(OC)cc3)CC2)cc1. The third-order valence-electron chi connectivity index (χ3n) is 6.06. The molecule has 2 heterocycles. The molecule has 1 amide bonds. The van der Waals surface area contributed by atoms with Crippen LogP contribution < -0.4 is 19.9 Å². The topological polar surface area (TPSA) is 70.6 Å². The van der Waals surface area contributed by atoms with Crippen LogP contribution in [-0.4, -0.2) is 54.9 Å². The summed E-state index contributed by atoms with van der Waals surface area (Å²) in [5.74, 6) is 1.95. The molecule has 0 spiro atoms. The van der Waals surface area contributed by atoms with E-state index in [0.717, 1.165) is 54.9 Å². The number of piperazine rings is 1. The Bertz CT molecular complexity index is 1080. The van der Waals surface area contributed by atoms with Crippen LogP contribution in [0.25, 0.3) is 0 Å². The van der Waals surface area contributed by atoms with Crippen molar-refractivity contribution in [3.63, 3.8) is 0 Å². The van der Waals surface area contributed by atoms with Crippen molar-refractivity contribution in [2.24, 2.45) is 0 Å². The second-order valence-electron chi connectivity index (χ2n) is 8.49. The number of anilines is 3. The summed E-state index contributed by atoms with van der Waals surface area (Å²) in [5.41, 5.74) is 3.31. The molecule has 1 N–H and O–H groups in total. The molecule has 1 fully saturated rings. The molecule has 1 aliphatic heterocycles. The summed E-state index contributed by atoms with van der Waals surface area (Å²) in [5, 5.41) is 3.78. The van der Waals surface area contributed by atoms with Crippen molar-refractivity contribution in [2.45, 2.75) is 31.2 Å². The van der Waals surface area contributed by atoms with Gasteiger partial charge in [-0.05, 0) is 54.8 Å². The van der Waals surface area contributed by atoms with Gasteiger partial charge >= 0.3 is 0 Å². The predicted molar refractivity (Wildman–Crippen MR) is 144 cm³/mol. The maximum Gasteiger partial charge on any atom is 0.234 e. The van der Waals surface area contributed by atoms with Gasteiger partial charge < -0.3 is 19.9 Å². The standard InChI is InChI=1S/C27H33N5O2S/c1-3-4-5-21-6-8-22(9-7-21)30-25(33)20-35-27-26(28-14-15-29-27)32-18-16-31(17-19-32)23-10-12-24(34-2)13-11-23/h6-15H,3-5,16-20H2,1-2H3,(H,30,33). The summed E-state index contributed by atoms with van der Waals surface area (Å²) in [7, 11) is 1.68. The first-order valence-electron chi connectivity index (χ1n) is 12.1. The van der Waals surface area contributed by atoms with E-state index in [1.165, 1.54) is 35.9 Å². The summed E-state index contributed by atoms with van der Waals surface area (Å²) >= 11 is 1.43. The molecule has 7 nitrogen and oxygen atoms in total. The van der Waals surface area contributed by atoms with Gasteiger partial charge in [0.15, 0.2) is 5.82 Å². The quantitative estimate of drug-likeness (QED) is 0.405. The second kappa shape index (κ2) is 12.4. The molecule has 0 atom stereocenters. The van der Waals surface area contributed by atoms with Gasteiger partial charge in [0.1, 0.15) is 10.8 Å². The zero-order valence-corrected chi connectivity index (χ0v) is 21.3. The third kappa shape index (κ3) is 6.88. The Morgan fingerprint density at radius 1 is 0.971 bits per heavy atom. The van der Waals surface area contributed by atoms with Gasteiger partial charge in [0.2, 0.25) is 5.91 Å². The molecule has 184 valence electrons. The lowest BCUT2D eigenvalue weighted by Gasteiger charge is -2.37. The van der Waals surface area contributed by atoms with E-state index in [0.29, 0.717) is 0 Å². The molecule has 2 aromatic carbocycles. The second-order valence-corrected chi connectivity index (χ2v) is 9.46. The highest BCUT2D eigenvalue weighted by molar-refractivity contribution is 8.00. The van der Waals surface area contributed by atoms with Crippen LogP contribution in [0.15, 0.2) is 66.0 Å². The van der Waals surface area contributed by atoms with Gasteiger partial charge in [-0.15, -0.1) is 0 Å². The van der Waals surface area contributed by atoms with E-state index < -0.39 is 0 Å². The van der Waals surface area contributed by atoms with E-state index in [4.69, 9.17) is 4.74 Å². The van der Waals surface area contributed by atoms with Crippen molar-refractivity contribution in [1.82, 2.24) is 9.97 Å². The smallest absolute Gasteiger partial charge is 0.234 e. The number of nitrogens with one attached hydrogen (secondary N) is 1. The van der Waals surface area contributed by atoms with E-state index in [1.807, 2.05) is 24.3 Å². The number of ether oxygens (including phenoxy) is 1. The minimum absolute atomic E-state index is 0.0442. The summed E-state index contributed by atoms with van der Waals surface area (Å²) in [6.07, 6.45) is 6.84. The predicted octanol–water partition coefficient (Wildman–Crippen LogP) is 4.89. The van der Waals surface area contributed by atoms with Crippen LogP contribution in [0.4, 0.5) is 17.2 Å². The Balaban J connectivity index is 1.30. The number of carbonyl (C=O) groups is 1. The summed E-state index contributed by atoms with van der Waals surface area (Å²) in [6.45, 7) is 5.66. The minimum Gasteiger partial charge on any atom is -0.497 e. The van der Waals surface area contributed by atoms with Crippen molar-refractivity contribution in [1.29, 1.82) is 0 Å². The number of hydrogen-bond acceptors (Lipinski definition) is 7. The van der Waals surface area contributed by atoms with E-state index in [1.54, 1.807) is 19.5 Å². The fraction of sp³-hybridized carbons (Fsp3) is 0.370. The molecule has 0 aliphatic carbocycles. The molecule has 4 rings (SSSR count). The highest BCUT2D eigenvalue weighted by atomic mass is 32.2.